The Bertz CT molecular complexity index is 499. The van der Waals surface area contributed by atoms with E-state index < -0.39 is 0 Å². The molecule has 5 nitrogen and oxygen atoms in total. The molecule has 5 heteroatoms. The monoisotopic (exact) mass is 250 g/mol. The van der Waals surface area contributed by atoms with Crippen LogP contribution in [-0.2, 0) is 6.54 Å². The van der Waals surface area contributed by atoms with E-state index in [-0.39, 0.29) is 11.2 Å². The van der Waals surface area contributed by atoms with E-state index in [4.69, 9.17) is 9.52 Å². The third-order valence-electron chi connectivity index (χ3n) is 4.28. The van der Waals surface area contributed by atoms with Crippen molar-refractivity contribution < 1.29 is 9.52 Å². The fourth-order valence-corrected chi connectivity index (χ4v) is 3.19. The Balaban J connectivity index is 1.73. The van der Waals surface area contributed by atoms with Crippen molar-refractivity contribution in [2.24, 2.45) is 11.8 Å². The summed E-state index contributed by atoms with van der Waals surface area (Å²) in [6, 6.07) is 1.89. The van der Waals surface area contributed by atoms with Gasteiger partial charge in [0.1, 0.15) is 12.0 Å². The predicted octanol–water partition coefficient (Wildman–Crippen LogP) is 0.385. The van der Waals surface area contributed by atoms with Gasteiger partial charge in [0.25, 0.3) is 0 Å². The second-order valence-electron chi connectivity index (χ2n) is 5.35. The van der Waals surface area contributed by atoms with Gasteiger partial charge in [0.15, 0.2) is 5.75 Å². The van der Waals surface area contributed by atoms with E-state index in [1.54, 1.807) is 0 Å². The Kier molecular flexibility index (Phi) is 2.87. The smallest absolute Gasteiger partial charge is 0.226 e. The van der Waals surface area contributed by atoms with Crippen molar-refractivity contribution in [3.63, 3.8) is 0 Å². The quantitative estimate of drug-likeness (QED) is 0.794. The van der Waals surface area contributed by atoms with Crippen LogP contribution >= 0.6 is 0 Å². The van der Waals surface area contributed by atoms with E-state index in [1.807, 2.05) is 0 Å². The first-order valence-electron chi connectivity index (χ1n) is 6.40. The summed E-state index contributed by atoms with van der Waals surface area (Å²) in [5, 5.41) is 12.6. The number of likely N-dealkylation sites (tertiary alicyclic amines) is 1. The molecule has 2 aliphatic rings. The third-order valence-corrected chi connectivity index (χ3v) is 4.28. The van der Waals surface area contributed by atoms with Crippen molar-refractivity contribution in [3.05, 3.63) is 28.3 Å². The molecule has 0 spiro atoms. The molecule has 3 atom stereocenters. The summed E-state index contributed by atoms with van der Waals surface area (Å²) in [6.07, 6.45) is 1.13. The molecule has 1 aromatic heterocycles. The molecular formula is C13H18N2O3. The van der Waals surface area contributed by atoms with Gasteiger partial charge in [0, 0.05) is 18.7 Å². The van der Waals surface area contributed by atoms with Gasteiger partial charge < -0.3 is 14.8 Å². The number of nitrogens with zero attached hydrogens (tertiary/aromatic N) is 1. The fraction of sp³-hybridized carbons (Fsp3) is 0.615. The highest BCUT2D eigenvalue weighted by atomic mass is 16.4. The standard InChI is InChI=1S/C13H18N2O3/c1-8-11-4-14-3-9(11)5-15(8)6-10-2-12(16)13(17)7-18-10/h2,7-9,11,14,17H,3-6H2,1H3. The zero-order valence-electron chi connectivity index (χ0n) is 10.4. The van der Waals surface area contributed by atoms with Crippen molar-refractivity contribution in [2.45, 2.75) is 19.5 Å². The van der Waals surface area contributed by atoms with Crippen LogP contribution in [0.25, 0.3) is 0 Å². The van der Waals surface area contributed by atoms with Crippen LogP contribution in [0.1, 0.15) is 12.7 Å². The number of hydrogen-bond donors (Lipinski definition) is 2. The molecule has 2 aliphatic heterocycles. The number of rotatable bonds is 2. The Hall–Kier alpha value is -1.33. The average molecular weight is 250 g/mol. The molecule has 2 fully saturated rings. The highest BCUT2D eigenvalue weighted by molar-refractivity contribution is 5.15. The molecule has 1 aromatic rings. The van der Waals surface area contributed by atoms with Crippen LogP contribution in [0.3, 0.4) is 0 Å². The Morgan fingerprint density at radius 2 is 2.39 bits per heavy atom. The van der Waals surface area contributed by atoms with Gasteiger partial charge in [-0.3, -0.25) is 9.69 Å². The summed E-state index contributed by atoms with van der Waals surface area (Å²) in [6.45, 7) is 6.09. The van der Waals surface area contributed by atoms with Gasteiger partial charge in [0.05, 0.1) is 6.54 Å². The molecule has 0 bridgehead atoms. The number of fused-ring (bicyclic) bond motifs is 1. The van der Waals surface area contributed by atoms with E-state index in [0.29, 0.717) is 30.2 Å². The second-order valence-corrected chi connectivity index (χ2v) is 5.35. The van der Waals surface area contributed by atoms with Crippen molar-refractivity contribution in [2.75, 3.05) is 19.6 Å². The van der Waals surface area contributed by atoms with Crippen LogP contribution < -0.4 is 10.7 Å². The molecule has 0 aliphatic carbocycles. The Morgan fingerprint density at radius 1 is 1.56 bits per heavy atom. The average Bonchev–Trinajstić information content (AvgIpc) is 2.89. The van der Waals surface area contributed by atoms with E-state index in [1.165, 1.54) is 6.07 Å². The SMILES string of the molecule is CC1C2CNCC2CN1Cc1cc(=O)c(O)co1. The maximum Gasteiger partial charge on any atom is 0.226 e. The maximum atomic E-state index is 11.4. The van der Waals surface area contributed by atoms with Gasteiger partial charge in [-0.05, 0) is 31.8 Å². The van der Waals surface area contributed by atoms with Crippen LogP contribution in [0.2, 0.25) is 0 Å². The van der Waals surface area contributed by atoms with Crippen LogP contribution in [0.5, 0.6) is 5.75 Å². The summed E-state index contributed by atoms with van der Waals surface area (Å²) < 4.78 is 5.26. The summed E-state index contributed by atoms with van der Waals surface area (Å²) in [5.74, 6) is 1.71. The summed E-state index contributed by atoms with van der Waals surface area (Å²) in [5.41, 5.74) is -0.370. The number of hydrogen-bond acceptors (Lipinski definition) is 5. The van der Waals surface area contributed by atoms with Gasteiger partial charge in [-0.2, -0.15) is 0 Å². The van der Waals surface area contributed by atoms with Crippen LogP contribution in [-0.4, -0.2) is 35.7 Å². The summed E-state index contributed by atoms with van der Waals surface area (Å²) >= 11 is 0. The van der Waals surface area contributed by atoms with Crippen molar-refractivity contribution >= 4 is 0 Å². The zero-order chi connectivity index (χ0) is 12.7. The normalized spacial score (nSPS) is 31.7. The first kappa shape index (κ1) is 11.7. The lowest BCUT2D eigenvalue weighted by Crippen LogP contribution is -2.32. The van der Waals surface area contributed by atoms with Gasteiger partial charge in [0.2, 0.25) is 5.43 Å². The molecule has 0 radical (unpaired) electrons. The lowest BCUT2D eigenvalue weighted by Gasteiger charge is -2.23. The minimum Gasteiger partial charge on any atom is -0.502 e. The molecular weight excluding hydrogens is 232 g/mol. The van der Waals surface area contributed by atoms with E-state index in [0.717, 1.165) is 25.9 Å². The topological polar surface area (TPSA) is 65.7 Å². The molecule has 2 saturated heterocycles. The third kappa shape index (κ3) is 1.93. The van der Waals surface area contributed by atoms with Crippen LogP contribution in [0, 0.1) is 11.8 Å². The zero-order valence-corrected chi connectivity index (χ0v) is 10.4. The molecule has 0 saturated carbocycles. The fourth-order valence-electron chi connectivity index (χ4n) is 3.19. The lowest BCUT2D eigenvalue weighted by molar-refractivity contribution is 0.211. The van der Waals surface area contributed by atoms with Crippen molar-refractivity contribution in [3.8, 4) is 5.75 Å². The highest BCUT2D eigenvalue weighted by Crippen LogP contribution is 2.33. The molecule has 3 unspecified atom stereocenters. The van der Waals surface area contributed by atoms with E-state index >= 15 is 0 Å². The number of nitrogens with one attached hydrogen (secondary N) is 1. The summed E-state index contributed by atoms with van der Waals surface area (Å²) in [7, 11) is 0. The number of aromatic hydroxyl groups is 1. The Morgan fingerprint density at radius 3 is 3.11 bits per heavy atom. The molecule has 0 amide bonds. The molecule has 18 heavy (non-hydrogen) atoms. The van der Waals surface area contributed by atoms with Gasteiger partial charge >= 0.3 is 0 Å². The molecule has 98 valence electrons. The second kappa shape index (κ2) is 4.40. The Labute approximate surface area is 105 Å². The molecule has 2 N–H and O–H groups in total. The van der Waals surface area contributed by atoms with Gasteiger partial charge in [-0.1, -0.05) is 0 Å². The minimum atomic E-state index is -0.370. The maximum absolute atomic E-state index is 11.4. The van der Waals surface area contributed by atoms with E-state index in [2.05, 4.69) is 17.1 Å². The molecule has 0 aromatic carbocycles. The molecule has 3 heterocycles. The van der Waals surface area contributed by atoms with Crippen molar-refractivity contribution in [1.29, 1.82) is 0 Å². The largest absolute Gasteiger partial charge is 0.502 e. The van der Waals surface area contributed by atoms with Crippen LogP contribution in [0.15, 0.2) is 21.5 Å². The van der Waals surface area contributed by atoms with Crippen LogP contribution in [0.4, 0.5) is 0 Å². The van der Waals surface area contributed by atoms with Crippen molar-refractivity contribution in [1.82, 2.24) is 10.2 Å². The minimum absolute atomic E-state index is 0.325. The summed E-state index contributed by atoms with van der Waals surface area (Å²) in [4.78, 5) is 13.7. The predicted molar refractivity (Wildman–Crippen MR) is 66.4 cm³/mol. The first-order valence-corrected chi connectivity index (χ1v) is 6.40. The van der Waals surface area contributed by atoms with Gasteiger partial charge in [-0.15, -0.1) is 0 Å². The lowest BCUT2D eigenvalue weighted by atomic mass is 9.95. The first-order chi connectivity index (χ1) is 8.65. The van der Waals surface area contributed by atoms with E-state index in [9.17, 15) is 4.79 Å². The molecule has 3 rings (SSSR count). The highest BCUT2D eigenvalue weighted by Gasteiger charge is 2.41. The van der Waals surface area contributed by atoms with Gasteiger partial charge in [-0.25, -0.2) is 0 Å².